The molecule has 0 aliphatic rings. The summed E-state index contributed by atoms with van der Waals surface area (Å²) in [6.07, 6.45) is 1.76. The molecule has 0 fully saturated rings. The third-order valence-corrected chi connectivity index (χ3v) is 3.44. The van der Waals surface area contributed by atoms with E-state index in [0.29, 0.717) is 16.8 Å². The van der Waals surface area contributed by atoms with Gasteiger partial charge < -0.3 is 5.32 Å². The highest BCUT2D eigenvalue weighted by atomic mass is 19.1. The molecule has 2 aromatic rings. The molecule has 0 aromatic heterocycles. The second-order valence-electron chi connectivity index (χ2n) is 4.84. The number of hydrogen-bond acceptors (Lipinski definition) is 2. The summed E-state index contributed by atoms with van der Waals surface area (Å²) >= 11 is 0. The lowest BCUT2D eigenvalue weighted by Gasteiger charge is -2.20. The summed E-state index contributed by atoms with van der Waals surface area (Å²) in [6, 6.07) is 15.2. The van der Waals surface area contributed by atoms with Gasteiger partial charge in [-0.2, -0.15) is 0 Å². The maximum atomic E-state index is 14.6. The number of nitrogens with zero attached hydrogens (tertiary/aromatic N) is 1. The van der Waals surface area contributed by atoms with Gasteiger partial charge in [0.05, 0.1) is 11.6 Å². The first kappa shape index (κ1) is 15.0. The van der Waals surface area contributed by atoms with Gasteiger partial charge in [0.15, 0.2) is 0 Å². The molecule has 1 unspecified atom stereocenters. The summed E-state index contributed by atoms with van der Waals surface area (Å²) in [5.74, 6) is -0.479. The molecule has 0 aliphatic carbocycles. The number of aryl methyl sites for hydroxylation is 1. The Morgan fingerprint density at radius 2 is 1.90 bits per heavy atom. The Bertz CT molecular complexity index is 648. The van der Waals surface area contributed by atoms with E-state index < -0.39 is 0 Å². The van der Waals surface area contributed by atoms with Crippen molar-refractivity contribution in [2.45, 2.75) is 12.8 Å². The van der Waals surface area contributed by atoms with Crippen molar-refractivity contribution < 1.29 is 4.39 Å². The monoisotopic (exact) mass is 282 g/mol. The summed E-state index contributed by atoms with van der Waals surface area (Å²) in [4.78, 5) is 4.08. The number of rotatable bonds is 5. The fraction of sp³-hybridized carbons (Fsp3) is 0.167. The standard InChI is InChI=1S/C18H19FN2/c1-13-8-7-11-15(18(13)19)17(16(21-3)12-20-2)14-9-5-4-6-10-14/h4-12,17,20H,3H2,1-2H3/b16-12-. The highest BCUT2D eigenvalue weighted by Gasteiger charge is 2.22. The van der Waals surface area contributed by atoms with E-state index in [0.717, 1.165) is 5.56 Å². The van der Waals surface area contributed by atoms with Crippen molar-refractivity contribution in [1.29, 1.82) is 0 Å². The second-order valence-corrected chi connectivity index (χ2v) is 4.84. The van der Waals surface area contributed by atoms with Gasteiger partial charge in [0.2, 0.25) is 0 Å². The number of nitrogens with one attached hydrogen (secondary N) is 1. The predicted molar refractivity (Wildman–Crippen MR) is 86.1 cm³/mol. The maximum absolute atomic E-state index is 14.6. The molecule has 0 heterocycles. The van der Waals surface area contributed by atoms with Crippen molar-refractivity contribution >= 4 is 6.72 Å². The number of benzene rings is 2. The molecule has 0 saturated carbocycles. The molecule has 1 atom stereocenters. The lowest BCUT2D eigenvalue weighted by atomic mass is 9.87. The number of halogens is 1. The average Bonchev–Trinajstić information content (AvgIpc) is 2.52. The van der Waals surface area contributed by atoms with E-state index in [1.807, 2.05) is 36.4 Å². The molecule has 0 spiro atoms. The molecule has 0 saturated heterocycles. The first-order chi connectivity index (χ1) is 10.2. The lowest BCUT2D eigenvalue weighted by Crippen LogP contribution is -2.09. The van der Waals surface area contributed by atoms with Crippen LogP contribution in [-0.4, -0.2) is 13.8 Å². The Kier molecular flexibility index (Phi) is 4.88. The number of hydrogen-bond donors (Lipinski definition) is 1. The van der Waals surface area contributed by atoms with Crippen LogP contribution < -0.4 is 5.32 Å². The number of aliphatic imine (C=N–C) groups is 1. The maximum Gasteiger partial charge on any atom is 0.130 e. The van der Waals surface area contributed by atoms with Gasteiger partial charge in [-0.15, -0.1) is 0 Å². The highest BCUT2D eigenvalue weighted by molar-refractivity contribution is 5.45. The normalized spacial score (nSPS) is 12.8. The van der Waals surface area contributed by atoms with Crippen molar-refractivity contribution in [1.82, 2.24) is 5.32 Å². The topological polar surface area (TPSA) is 24.4 Å². The molecule has 0 amide bonds. The molecular weight excluding hydrogens is 263 g/mol. The first-order valence-corrected chi connectivity index (χ1v) is 6.83. The van der Waals surface area contributed by atoms with Crippen LogP contribution in [0, 0.1) is 12.7 Å². The Hall–Kier alpha value is -2.42. The van der Waals surface area contributed by atoms with Crippen molar-refractivity contribution in [2.24, 2.45) is 4.99 Å². The summed E-state index contributed by atoms with van der Waals surface area (Å²) in [5, 5.41) is 2.95. The van der Waals surface area contributed by atoms with Crippen LogP contribution in [0.2, 0.25) is 0 Å². The van der Waals surface area contributed by atoms with Crippen LogP contribution in [0.5, 0.6) is 0 Å². The first-order valence-electron chi connectivity index (χ1n) is 6.83. The summed E-state index contributed by atoms with van der Waals surface area (Å²) in [5.41, 5.74) is 2.90. The highest BCUT2D eigenvalue weighted by Crippen LogP contribution is 2.34. The average molecular weight is 282 g/mol. The van der Waals surface area contributed by atoms with E-state index >= 15 is 0 Å². The van der Waals surface area contributed by atoms with Crippen LogP contribution in [-0.2, 0) is 0 Å². The van der Waals surface area contributed by atoms with E-state index in [4.69, 9.17) is 0 Å². The Labute approximate surface area is 125 Å². The van der Waals surface area contributed by atoms with Gasteiger partial charge in [0.25, 0.3) is 0 Å². The van der Waals surface area contributed by atoms with Gasteiger partial charge in [-0.25, -0.2) is 4.39 Å². The molecule has 3 heteroatoms. The molecule has 0 radical (unpaired) electrons. The van der Waals surface area contributed by atoms with Gasteiger partial charge >= 0.3 is 0 Å². The van der Waals surface area contributed by atoms with Crippen LogP contribution in [0.4, 0.5) is 4.39 Å². The van der Waals surface area contributed by atoms with Gasteiger partial charge in [-0.05, 0) is 24.8 Å². The Morgan fingerprint density at radius 1 is 1.19 bits per heavy atom. The van der Waals surface area contributed by atoms with E-state index in [1.54, 1.807) is 32.3 Å². The van der Waals surface area contributed by atoms with Crippen LogP contribution in [0.25, 0.3) is 0 Å². The molecule has 2 rings (SSSR count). The zero-order valence-electron chi connectivity index (χ0n) is 12.3. The van der Waals surface area contributed by atoms with E-state index in [9.17, 15) is 4.39 Å². The van der Waals surface area contributed by atoms with Gasteiger partial charge in [-0.3, -0.25) is 4.99 Å². The predicted octanol–water partition coefficient (Wildman–Crippen LogP) is 4.03. The quantitative estimate of drug-likeness (QED) is 0.823. The van der Waals surface area contributed by atoms with Gasteiger partial charge in [0, 0.05) is 18.8 Å². The fourth-order valence-electron chi connectivity index (χ4n) is 2.42. The van der Waals surface area contributed by atoms with E-state index in [1.165, 1.54) is 0 Å². The van der Waals surface area contributed by atoms with E-state index in [-0.39, 0.29) is 11.7 Å². The molecule has 0 bridgehead atoms. The molecule has 21 heavy (non-hydrogen) atoms. The third kappa shape index (κ3) is 3.19. The molecule has 1 N–H and O–H groups in total. The molecule has 0 aliphatic heterocycles. The van der Waals surface area contributed by atoms with Crippen molar-refractivity contribution in [3.63, 3.8) is 0 Å². The van der Waals surface area contributed by atoms with Crippen molar-refractivity contribution in [3.8, 4) is 0 Å². The minimum atomic E-state index is -0.281. The smallest absolute Gasteiger partial charge is 0.130 e. The van der Waals surface area contributed by atoms with Gasteiger partial charge in [-0.1, -0.05) is 48.5 Å². The molecule has 2 nitrogen and oxygen atoms in total. The third-order valence-electron chi connectivity index (χ3n) is 3.44. The zero-order valence-corrected chi connectivity index (χ0v) is 12.3. The summed E-state index contributed by atoms with van der Waals surface area (Å²) in [7, 11) is 1.79. The van der Waals surface area contributed by atoms with Crippen molar-refractivity contribution in [3.05, 3.63) is 82.9 Å². The summed E-state index contributed by atoms with van der Waals surface area (Å²) < 4.78 is 14.6. The molecule has 2 aromatic carbocycles. The second kappa shape index (κ2) is 6.84. The Morgan fingerprint density at radius 3 is 2.52 bits per heavy atom. The van der Waals surface area contributed by atoms with Crippen molar-refractivity contribution in [2.75, 3.05) is 7.05 Å². The van der Waals surface area contributed by atoms with Crippen LogP contribution >= 0.6 is 0 Å². The molecule has 108 valence electrons. The largest absolute Gasteiger partial charge is 0.392 e. The van der Waals surface area contributed by atoms with Gasteiger partial charge in [0.1, 0.15) is 5.82 Å². The minimum Gasteiger partial charge on any atom is -0.392 e. The van der Waals surface area contributed by atoms with Crippen LogP contribution in [0.3, 0.4) is 0 Å². The summed E-state index contributed by atoms with van der Waals surface area (Å²) in [6.45, 7) is 5.39. The SMILES string of the molecule is C=N/C(=C\NC)C(c1ccccc1)c1cccc(C)c1F. The fourth-order valence-corrected chi connectivity index (χ4v) is 2.42. The van der Waals surface area contributed by atoms with Crippen LogP contribution in [0.15, 0.2) is 65.4 Å². The number of allylic oxidation sites excluding steroid dienone is 1. The molecular formula is C18H19FN2. The minimum absolute atomic E-state index is 0.197. The van der Waals surface area contributed by atoms with E-state index in [2.05, 4.69) is 17.0 Å². The Balaban J connectivity index is 2.64. The van der Waals surface area contributed by atoms with Crippen LogP contribution in [0.1, 0.15) is 22.6 Å². The lowest BCUT2D eigenvalue weighted by molar-refractivity contribution is 0.596. The zero-order chi connectivity index (χ0) is 15.2.